The molecule has 4 heterocycles. The Morgan fingerprint density at radius 3 is 2.24 bits per heavy atom. The average Bonchev–Trinajstić information content (AvgIpc) is 3.62. The van der Waals surface area contributed by atoms with E-state index in [4.69, 9.17) is 9.47 Å². The summed E-state index contributed by atoms with van der Waals surface area (Å²) in [6.07, 6.45) is 8.36. The van der Waals surface area contributed by atoms with E-state index in [-0.39, 0.29) is 30.6 Å². The van der Waals surface area contributed by atoms with Crippen LogP contribution < -0.4 is 15.5 Å². The molecule has 0 spiro atoms. The van der Waals surface area contributed by atoms with Gasteiger partial charge in [0.1, 0.15) is 28.2 Å². The first-order valence-electron chi connectivity index (χ1n) is 16.9. The van der Waals surface area contributed by atoms with Crippen LogP contribution in [0.5, 0.6) is 0 Å². The van der Waals surface area contributed by atoms with Gasteiger partial charge in [-0.05, 0) is 86.3 Å². The number of imidazole rings is 1. The SMILES string of the molecule is Cc1cn2cc(NC(=O)c3ccc(N4CCC(N(C(=O)OC(C)(C)C)C5CC5)CC4)c4cn(C)nc34)nc(CNC(=O)OC(C)(C)C)c2n1. The number of alkyl carbamates (subject to hydrolysis) is 1. The van der Waals surface area contributed by atoms with E-state index in [1.807, 2.05) is 58.1 Å². The molecule has 14 heteroatoms. The Bertz CT molecular complexity index is 1890. The Balaban J connectivity index is 1.19. The second-order valence-corrected chi connectivity index (χ2v) is 15.0. The predicted molar refractivity (Wildman–Crippen MR) is 186 cm³/mol. The molecule has 262 valence electrons. The molecule has 2 fully saturated rings. The molecule has 0 atom stereocenters. The quantitative estimate of drug-likeness (QED) is 0.257. The molecule has 0 bridgehead atoms. The lowest BCUT2D eigenvalue weighted by Crippen LogP contribution is -2.50. The number of aromatic nitrogens is 5. The van der Waals surface area contributed by atoms with Crippen molar-refractivity contribution in [3.05, 3.63) is 47.7 Å². The van der Waals surface area contributed by atoms with Gasteiger partial charge in [0.05, 0.1) is 24.0 Å². The van der Waals surface area contributed by atoms with E-state index in [2.05, 4.69) is 30.6 Å². The summed E-state index contributed by atoms with van der Waals surface area (Å²) in [5.41, 5.74) is 2.63. The fourth-order valence-corrected chi connectivity index (χ4v) is 6.33. The number of carbonyl (C=O) groups is 3. The summed E-state index contributed by atoms with van der Waals surface area (Å²) in [6.45, 7) is 14.5. The first-order chi connectivity index (χ1) is 23.0. The number of aryl methyl sites for hydroxylation is 2. The zero-order valence-electron chi connectivity index (χ0n) is 29.7. The second kappa shape index (κ2) is 12.9. The number of piperidine rings is 1. The van der Waals surface area contributed by atoms with Gasteiger partial charge in [0.25, 0.3) is 5.91 Å². The van der Waals surface area contributed by atoms with Gasteiger partial charge in [-0.15, -0.1) is 0 Å². The summed E-state index contributed by atoms with van der Waals surface area (Å²) in [5, 5.41) is 11.2. The zero-order chi connectivity index (χ0) is 35.2. The van der Waals surface area contributed by atoms with E-state index in [9.17, 15) is 14.4 Å². The van der Waals surface area contributed by atoms with Gasteiger partial charge in [-0.2, -0.15) is 5.10 Å². The van der Waals surface area contributed by atoms with E-state index in [1.165, 1.54) is 0 Å². The Morgan fingerprint density at radius 1 is 0.918 bits per heavy atom. The van der Waals surface area contributed by atoms with Crippen LogP contribution in [-0.2, 0) is 23.1 Å². The zero-order valence-corrected chi connectivity index (χ0v) is 29.7. The Hall–Kier alpha value is -4.88. The molecule has 1 aromatic carbocycles. The topological polar surface area (TPSA) is 148 Å². The monoisotopic (exact) mass is 673 g/mol. The van der Waals surface area contributed by atoms with E-state index in [0.29, 0.717) is 28.2 Å². The maximum Gasteiger partial charge on any atom is 0.410 e. The molecule has 2 aliphatic rings. The van der Waals surface area contributed by atoms with Gasteiger partial charge in [0.15, 0.2) is 5.65 Å². The average molecular weight is 674 g/mol. The van der Waals surface area contributed by atoms with Gasteiger partial charge in [-0.3, -0.25) is 9.48 Å². The minimum atomic E-state index is -0.644. The molecule has 2 N–H and O–H groups in total. The molecule has 1 saturated heterocycles. The van der Waals surface area contributed by atoms with Crippen molar-refractivity contribution in [3.8, 4) is 0 Å². The van der Waals surface area contributed by atoms with Crippen molar-refractivity contribution in [1.29, 1.82) is 0 Å². The van der Waals surface area contributed by atoms with Crippen molar-refractivity contribution in [2.45, 2.75) is 104 Å². The Labute approximate surface area is 286 Å². The lowest BCUT2D eigenvalue weighted by Gasteiger charge is -2.40. The highest BCUT2D eigenvalue weighted by atomic mass is 16.6. The van der Waals surface area contributed by atoms with E-state index in [0.717, 1.165) is 55.5 Å². The number of hydrogen-bond acceptors (Lipinski definition) is 9. The van der Waals surface area contributed by atoms with Crippen molar-refractivity contribution in [2.24, 2.45) is 7.05 Å². The first kappa shape index (κ1) is 34.0. The third kappa shape index (κ3) is 7.89. The summed E-state index contributed by atoms with van der Waals surface area (Å²) in [6, 6.07) is 4.16. The lowest BCUT2D eigenvalue weighted by molar-refractivity contribution is 0.0113. The summed E-state index contributed by atoms with van der Waals surface area (Å²) in [4.78, 5) is 52.7. The number of nitrogens with zero attached hydrogens (tertiary/aromatic N) is 7. The molecule has 3 amide bonds. The third-order valence-corrected chi connectivity index (χ3v) is 8.42. The molecule has 4 aromatic rings. The van der Waals surface area contributed by atoms with Crippen molar-refractivity contribution in [3.63, 3.8) is 0 Å². The molecule has 0 unspecified atom stereocenters. The molecular weight excluding hydrogens is 626 g/mol. The highest BCUT2D eigenvalue weighted by Gasteiger charge is 2.41. The number of ether oxygens (including phenoxy) is 2. The highest BCUT2D eigenvalue weighted by molar-refractivity contribution is 6.13. The summed E-state index contributed by atoms with van der Waals surface area (Å²) < 4.78 is 14.6. The van der Waals surface area contributed by atoms with Crippen LogP contribution in [0.15, 0.2) is 30.7 Å². The molecule has 49 heavy (non-hydrogen) atoms. The van der Waals surface area contributed by atoms with Crippen molar-refractivity contribution in [1.82, 2.24) is 34.4 Å². The van der Waals surface area contributed by atoms with E-state index >= 15 is 0 Å². The van der Waals surface area contributed by atoms with Crippen molar-refractivity contribution >= 4 is 46.1 Å². The fourth-order valence-electron chi connectivity index (χ4n) is 6.33. The number of hydrogen-bond donors (Lipinski definition) is 2. The van der Waals surface area contributed by atoms with Crippen LogP contribution in [0.2, 0.25) is 0 Å². The number of rotatable bonds is 7. The molecule has 0 radical (unpaired) electrons. The van der Waals surface area contributed by atoms with Gasteiger partial charge in [0.2, 0.25) is 0 Å². The van der Waals surface area contributed by atoms with Crippen LogP contribution in [0.1, 0.15) is 89.0 Å². The van der Waals surface area contributed by atoms with Gasteiger partial charge >= 0.3 is 12.2 Å². The number of amides is 3. The van der Waals surface area contributed by atoms with Crippen molar-refractivity contribution < 1.29 is 23.9 Å². The van der Waals surface area contributed by atoms with Crippen molar-refractivity contribution in [2.75, 3.05) is 23.3 Å². The minimum Gasteiger partial charge on any atom is -0.444 e. The molecular formula is C35H47N9O5. The smallest absolute Gasteiger partial charge is 0.410 e. The standard InChI is InChI=1S/C35H47N9O5/c1-21-18-43-20-28(38-26(30(43)37-21)17-36-32(46)48-34(2,3)4)39-31(45)24-11-12-27(25-19-41(8)40-29(24)25)42-15-13-23(14-16-42)44(22-9-10-22)33(47)49-35(5,6)7/h11-12,18-20,22-23H,9-10,13-17H2,1-8H3,(H,36,46)(H,39,45). The molecule has 6 rings (SSSR count). The van der Waals surface area contributed by atoms with Crippen LogP contribution in [-0.4, -0.2) is 83.5 Å². The van der Waals surface area contributed by atoms with Crippen LogP contribution in [0.3, 0.4) is 0 Å². The molecule has 14 nitrogen and oxygen atoms in total. The van der Waals surface area contributed by atoms with Gasteiger partial charge in [-0.25, -0.2) is 19.6 Å². The molecule has 1 aliphatic heterocycles. The van der Waals surface area contributed by atoms with Crippen LogP contribution in [0.4, 0.5) is 21.1 Å². The fraction of sp³-hybridized carbons (Fsp3) is 0.543. The maximum absolute atomic E-state index is 13.8. The second-order valence-electron chi connectivity index (χ2n) is 15.0. The molecule has 3 aromatic heterocycles. The minimum absolute atomic E-state index is 0.0602. The molecule has 1 saturated carbocycles. The maximum atomic E-state index is 13.8. The predicted octanol–water partition coefficient (Wildman–Crippen LogP) is 5.57. The van der Waals surface area contributed by atoms with Crippen LogP contribution in [0.25, 0.3) is 16.6 Å². The number of carbonyl (C=O) groups excluding carboxylic acids is 3. The highest BCUT2D eigenvalue weighted by Crippen LogP contribution is 2.36. The number of benzene rings is 1. The Kier molecular flexibility index (Phi) is 8.92. The Morgan fingerprint density at radius 2 is 1.59 bits per heavy atom. The molecule has 1 aliphatic carbocycles. The first-order valence-corrected chi connectivity index (χ1v) is 16.9. The number of anilines is 2. The lowest BCUT2D eigenvalue weighted by atomic mass is 10.0. The number of fused-ring (bicyclic) bond motifs is 2. The van der Waals surface area contributed by atoms with Gasteiger partial charge in [0, 0.05) is 55.7 Å². The summed E-state index contributed by atoms with van der Waals surface area (Å²) in [7, 11) is 1.84. The number of nitrogens with one attached hydrogen (secondary N) is 2. The third-order valence-electron chi connectivity index (χ3n) is 8.42. The van der Waals surface area contributed by atoms with Crippen LogP contribution in [0, 0.1) is 6.92 Å². The normalized spacial score (nSPS) is 15.8. The summed E-state index contributed by atoms with van der Waals surface area (Å²) in [5.74, 6) is -0.0579. The van der Waals surface area contributed by atoms with Gasteiger partial charge in [-0.1, -0.05) is 0 Å². The van der Waals surface area contributed by atoms with Gasteiger partial charge < -0.3 is 34.3 Å². The van der Waals surface area contributed by atoms with Crippen LogP contribution >= 0.6 is 0 Å². The summed E-state index contributed by atoms with van der Waals surface area (Å²) >= 11 is 0. The van der Waals surface area contributed by atoms with E-state index in [1.54, 1.807) is 42.1 Å². The van der Waals surface area contributed by atoms with E-state index < -0.39 is 17.3 Å². The largest absolute Gasteiger partial charge is 0.444 e.